The van der Waals surface area contributed by atoms with Crippen LogP contribution >= 0.6 is 0 Å². The van der Waals surface area contributed by atoms with Crippen LogP contribution in [0.2, 0.25) is 0 Å². The van der Waals surface area contributed by atoms with Crippen molar-refractivity contribution in [3.8, 4) is 0 Å². The molecule has 3 rings (SSSR count). The summed E-state index contributed by atoms with van der Waals surface area (Å²) in [5, 5.41) is 8.22. The average Bonchev–Trinajstić information content (AvgIpc) is 2.53. The first kappa shape index (κ1) is 13.4. The van der Waals surface area contributed by atoms with Crippen LogP contribution in [0, 0.1) is 5.41 Å². The molecule has 21 heavy (non-hydrogen) atoms. The van der Waals surface area contributed by atoms with Crippen molar-refractivity contribution in [3.63, 3.8) is 0 Å². The molecule has 0 spiro atoms. The normalized spacial score (nSPS) is 13.8. The van der Waals surface area contributed by atoms with Crippen LogP contribution < -0.4 is 4.90 Å². The summed E-state index contributed by atoms with van der Waals surface area (Å²) in [6.07, 6.45) is 0.634. The van der Waals surface area contributed by atoms with Crippen molar-refractivity contribution in [1.29, 1.82) is 5.41 Å². The number of anilines is 1. The van der Waals surface area contributed by atoms with Crippen molar-refractivity contribution in [1.82, 2.24) is 0 Å². The van der Waals surface area contributed by atoms with Gasteiger partial charge in [-0.2, -0.15) is 0 Å². The Balaban J connectivity index is 1.87. The molecule has 0 amide bonds. The Morgan fingerprint density at radius 3 is 2.43 bits per heavy atom. The molecule has 0 unspecified atom stereocenters. The summed E-state index contributed by atoms with van der Waals surface area (Å²) in [7, 11) is 1.37. The molecule has 0 radical (unpaired) electrons. The predicted octanol–water partition coefficient (Wildman–Crippen LogP) is 3.01. The summed E-state index contributed by atoms with van der Waals surface area (Å²) < 4.78 is 4.69. The van der Waals surface area contributed by atoms with Crippen molar-refractivity contribution >= 4 is 17.5 Å². The maximum atomic E-state index is 11.5. The zero-order valence-electron chi connectivity index (χ0n) is 11.8. The second kappa shape index (κ2) is 5.40. The van der Waals surface area contributed by atoms with Gasteiger partial charge in [-0.3, -0.25) is 5.41 Å². The number of carbonyl (C=O) groups excluding carboxylic acids is 1. The number of carbonyl (C=O) groups is 1. The smallest absolute Gasteiger partial charge is 0.337 e. The molecule has 0 saturated carbocycles. The molecule has 0 aliphatic carbocycles. The monoisotopic (exact) mass is 280 g/mol. The highest BCUT2D eigenvalue weighted by atomic mass is 16.5. The van der Waals surface area contributed by atoms with Gasteiger partial charge in [0.2, 0.25) is 0 Å². The van der Waals surface area contributed by atoms with Gasteiger partial charge in [-0.1, -0.05) is 24.3 Å². The highest BCUT2D eigenvalue weighted by Gasteiger charge is 2.21. The SMILES string of the molecule is COC(=O)c1ccc(N2Cc3ccccc3CC2=N)cc1. The molecule has 2 aromatic rings. The van der Waals surface area contributed by atoms with Crippen LogP contribution in [0.1, 0.15) is 21.5 Å². The Kier molecular flexibility index (Phi) is 3.44. The van der Waals surface area contributed by atoms with Crippen molar-refractivity contribution in [3.05, 3.63) is 65.2 Å². The van der Waals surface area contributed by atoms with Crippen molar-refractivity contribution in [2.75, 3.05) is 12.0 Å². The minimum Gasteiger partial charge on any atom is -0.465 e. The summed E-state index contributed by atoms with van der Waals surface area (Å²) in [4.78, 5) is 13.4. The third-order valence-electron chi connectivity index (χ3n) is 3.73. The number of nitrogens with one attached hydrogen (secondary N) is 1. The van der Waals surface area contributed by atoms with Gasteiger partial charge in [-0.05, 0) is 35.4 Å². The molecule has 4 nitrogen and oxygen atoms in total. The molecule has 0 saturated heterocycles. The first-order valence-electron chi connectivity index (χ1n) is 6.79. The second-order valence-electron chi connectivity index (χ2n) is 5.02. The second-order valence-corrected chi connectivity index (χ2v) is 5.02. The van der Waals surface area contributed by atoms with E-state index in [0.717, 1.165) is 5.69 Å². The standard InChI is InChI=1S/C17H16N2O2/c1-21-17(20)12-6-8-15(9-7-12)19-11-14-5-3-2-4-13(14)10-16(19)18/h2-9,18H,10-11H2,1H3. The highest BCUT2D eigenvalue weighted by molar-refractivity contribution is 5.99. The number of fused-ring (bicyclic) bond motifs is 1. The van der Waals surface area contributed by atoms with E-state index in [2.05, 4.69) is 12.1 Å². The van der Waals surface area contributed by atoms with E-state index >= 15 is 0 Å². The van der Waals surface area contributed by atoms with Gasteiger partial charge in [0.1, 0.15) is 5.84 Å². The molecule has 1 heterocycles. The minimum atomic E-state index is -0.347. The van der Waals surface area contributed by atoms with E-state index in [9.17, 15) is 4.79 Å². The maximum absolute atomic E-state index is 11.5. The lowest BCUT2D eigenvalue weighted by Crippen LogP contribution is -2.35. The van der Waals surface area contributed by atoms with Gasteiger partial charge < -0.3 is 9.64 Å². The third kappa shape index (κ3) is 2.52. The molecular weight excluding hydrogens is 264 g/mol. The Morgan fingerprint density at radius 2 is 1.76 bits per heavy atom. The first-order chi connectivity index (χ1) is 10.2. The molecule has 1 aliphatic heterocycles. The lowest BCUT2D eigenvalue weighted by molar-refractivity contribution is 0.0601. The maximum Gasteiger partial charge on any atom is 0.337 e. The van der Waals surface area contributed by atoms with E-state index in [-0.39, 0.29) is 5.97 Å². The Morgan fingerprint density at radius 1 is 1.10 bits per heavy atom. The number of hydrogen-bond donors (Lipinski definition) is 1. The highest BCUT2D eigenvalue weighted by Crippen LogP contribution is 2.25. The van der Waals surface area contributed by atoms with Crippen molar-refractivity contribution < 1.29 is 9.53 Å². The molecular formula is C17H16N2O2. The fraction of sp³-hybridized carbons (Fsp3) is 0.176. The van der Waals surface area contributed by atoms with E-state index < -0.39 is 0 Å². The van der Waals surface area contributed by atoms with Crippen LogP contribution in [-0.2, 0) is 17.7 Å². The summed E-state index contributed by atoms with van der Waals surface area (Å²) >= 11 is 0. The van der Waals surface area contributed by atoms with Crippen LogP contribution in [-0.4, -0.2) is 18.9 Å². The first-order valence-corrected chi connectivity index (χ1v) is 6.79. The summed E-state index contributed by atoms with van der Waals surface area (Å²) in [5.74, 6) is 0.222. The zero-order valence-corrected chi connectivity index (χ0v) is 11.8. The van der Waals surface area contributed by atoms with Crippen LogP contribution in [0.5, 0.6) is 0 Å². The van der Waals surface area contributed by atoms with E-state index in [1.165, 1.54) is 18.2 Å². The van der Waals surface area contributed by atoms with Crippen molar-refractivity contribution in [2.45, 2.75) is 13.0 Å². The lowest BCUT2D eigenvalue weighted by atomic mass is 9.98. The number of hydrogen-bond acceptors (Lipinski definition) is 3. The fourth-order valence-corrected chi connectivity index (χ4v) is 2.57. The van der Waals surface area contributed by atoms with Crippen LogP contribution in [0.25, 0.3) is 0 Å². The number of ether oxygens (including phenoxy) is 1. The Bertz CT molecular complexity index is 692. The molecule has 0 atom stereocenters. The summed E-state index contributed by atoms with van der Waals surface area (Å²) in [6, 6.07) is 15.4. The van der Waals surface area contributed by atoms with Crippen LogP contribution in [0.4, 0.5) is 5.69 Å². The van der Waals surface area contributed by atoms with Crippen LogP contribution in [0.15, 0.2) is 48.5 Å². The van der Waals surface area contributed by atoms with Gasteiger partial charge in [-0.25, -0.2) is 4.79 Å². The third-order valence-corrected chi connectivity index (χ3v) is 3.73. The number of nitrogens with zero attached hydrogens (tertiary/aromatic N) is 1. The molecule has 1 N–H and O–H groups in total. The average molecular weight is 280 g/mol. The molecule has 0 fully saturated rings. The largest absolute Gasteiger partial charge is 0.465 e. The van der Waals surface area contributed by atoms with Gasteiger partial charge in [0.25, 0.3) is 0 Å². The molecule has 4 heteroatoms. The molecule has 106 valence electrons. The quantitative estimate of drug-likeness (QED) is 0.860. The van der Waals surface area contributed by atoms with Gasteiger partial charge >= 0.3 is 5.97 Å². The number of rotatable bonds is 2. The van der Waals surface area contributed by atoms with E-state index in [4.69, 9.17) is 10.1 Å². The molecule has 0 bridgehead atoms. The Labute approximate surface area is 123 Å². The predicted molar refractivity (Wildman–Crippen MR) is 81.8 cm³/mol. The molecule has 1 aliphatic rings. The van der Waals surface area contributed by atoms with Crippen molar-refractivity contribution in [2.24, 2.45) is 0 Å². The number of methoxy groups -OCH3 is 1. The molecule has 2 aromatic carbocycles. The number of esters is 1. The number of amidine groups is 1. The van der Waals surface area contributed by atoms with E-state index in [1.807, 2.05) is 29.2 Å². The van der Waals surface area contributed by atoms with Gasteiger partial charge in [0, 0.05) is 18.7 Å². The van der Waals surface area contributed by atoms with E-state index in [0.29, 0.717) is 24.4 Å². The minimum absolute atomic E-state index is 0.347. The lowest BCUT2D eigenvalue weighted by Gasteiger charge is -2.31. The van der Waals surface area contributed by atoms with Gasteiger partial charge in [0.15, 0.2) is 0 Å². The van der Waals surface area contributed by atoms with E-state index in [1.54, 1.807) is 12.1 Å². The topological polar surface area (TPSA) is 53.4 Å². The van der Waals surface area contributed by atoms with Gasteiger partial charge in [0.05, 0.1) is 12.7 Å². The summed E-state index contributed by atoms with van der Waals surface area (Å²) in [6.45, 7) is 0.687. The van der Waals surface area contributed by atoms with Gasteiger partial charge in [-0.15, -0.1) is 0 Å². The number of benzene rings is 2. The summed E-state index contributed by atoms with van der Waals surface area (Å²) in [5.41, 5.74) is 3.89. The zero-order chi connectivity index (χ0) is 14.8. The molecule has 0 aromatic heterocycles. The Hall–Kier alpha value is -2.62. The fourth-order valence-electron chi connectivity index (χ4n) is 2.57. The van der Waals surface area contributed by atoms with Crippen LogP contribution in [0.3, 0.4) is 0 Å².